The Morgan fingerprint density at radius 2 is 1.79 bits per heavy atom. The van der Waals surface area contributed by atoms with Crippen LogP contribution in [-0.4, -0.2) is 79.8 Å². The first kappa shape index (κ1) is 26.4. The number of methoxy groups -OCH3 is 1. The fourth-order valence-electron chi connectivity index (χ4n) is 6.63. The van der Waals surface area contributed by atoms with Crippen molar-refractivity contribution in [3.05, 3.63) is 30.2 Å². The number of pyridine rings is 1. The van der Waals surface area contributed by atoms with Crippen molar-refractivity contribution in [2.45, 2.75) is 88.7 Å². The molecule has 212 valence electrons. The van der Waals surface area contributed by atoms with E-state index in [1.165, 1.54) is 25.6 Å². The molecule has 39 heavy (non-hydrogen) atoms. The highest BCUT2D eigenvalue weighted by Gasteiger charge is 2.38. The number of piperidine rings is 1. The number of nitrogens with one attached hydrogen (secondary N) is 1. The topological polar surface area (TPSA) is 102 Å². The van der Waals surface area contributed by atoms with Crippen LogP contribution in [0.1, 0.15) is 64.1 Å². The van der Waals surface area contributed by atoms with E-state index in [0.717, 1.165) is 63.6 Å². The predicted octanol–water partition coefficient (Wildman–Crippen LogP) is 3.52. The van der Waals surface area contributed by atoms with Gasteiger partial charge in [-0.2, -0.15) is 0 Å². The first-order chi connectivity index (χ1) is 19.0. The minimum atomic E-state index is -0.444. The van der Waals surface area contributed by atoms with Crippen LogP contribution >= 0.6 is 0 Å². The van der Waals surface area contributed by atoms with E-state index in [2.05, 4.69) is 37.4 Å². The number of hydrogen-bond acceptors (Lipinski definition) is 10. The van der Waals surface area contributed by atoms with E-state index >= 15 is 0 Å². The molecule has 4 aliphatic rings. The molecule has 4 fully saturated rings. The Labute approximate surface area is 230 Å². The largest absolute Gasteiger partial charge is 0.474 e. The lowest BCUT2D eigenvalue weighted by Gasteiger charge is -2.40. The lowest BCUT2D eigenvalue weighted by molar-refractivity contribution is -0.144. The summed E-state index contributed by atoms with van der Waals surface area (Å²) >= 11 is 0. The van der Waals surface area contributed by atoms with Gasteiger partial charge in [-0.1, -0.05) is 19.0 Å². The normalized spacial score (nSPS) is 27.9. The molecule has 3 unspecified atom stereocenters. The fraction of sp³-hybridized carbons (Fsp3) is 0.690. The molecule has 3 aliphatic heterocycles. The van der Waals surface area contributed by atoms with Gasteiger partial charge in [0.15, 0.2) is 11.6 Å². The smallest absolute Gasteiger partial charge is 0.316 e. The van der Waals surface area contributed by atoms with Crippen molar-refractivity contribution < 1.29 is 23.5 Å². The molecular weight excluding hydrogens is 498 g/mol. The summed E-state index contributed by atoms with van der Waals surface area (Å²) in [6.45, 7) is 7.77. The highest BCUT2D eigenvalue weighted by molar-refractivity contribution is 5.77. The molecule has 10 nitrogen and oxygen atoms in total. The average Bonchev–Trinajstić information content (AvgIpc) is 3.49. The maximum Gasteiger partial charge on any atom is 0.316 e. The van der Waals surface area contributed by atoms with Crippen molar-refractivity contribution in [1.82, 2.24) is 15.5 Å². The number of piperazine rings is 1. The van der Waals surface area contributed by atoms with E-state index in [0.29, 0.717) is 17.8 Å². The van der Waals surface area contributed by atoms with Gasteiger partial charge in [0.1, 0.15) is 12.0 Å². The van der Waals surface area contributed by atoms with Crippen LogP contribution in [0.4, 0.5) is 11.5 Å². The Balaban J connectivity index is 0.947. The van der Waals surface area contributed by atoms with Crippen LogP contribution in [0, 0.1) is 5.92 Å². The number of hydrogen-bond donors (Lipinski definition) is 1. The molecule has 2 aromatic heterocycles. The van der Waals surface area contributed by atoms with Gasteiger partial charge in [-0.05, 0) is 37.7 Å². The molecule has 3 saturated heterocycles. The maximum atomic E-state index is 12.2. The second kappa shape index (κ2) is 11.3. The third kappa shape index (κ3) is 5.59. The van der Waals surface area contributed by atoms with Crippen molar-refractivity contribution in [2.24, 2.45) is 5.92 Å². The number of ether oxygens (including phenoxy) is 3. The molecule has 2 aromatic rings. The summed E-state index contributed by atoms with van der Waals surface area (Å²) in [7, 11) is 1.40. The van der Waals surface area contributed by atoms with Crippen molar-refractivity contribution >= 4 is 17.5 Å². The number of esters is 1. The number of rotatable bonds is 9. The van der Waals surface area contributed by atoms with E-state index in [-0.39, 0.29) is 30.2 Å². The van der Waals surface area contributed by atoms with Gasteiger partial charge in [0.2, 0.25) is 5.88 Å². The molecule has 2 bridgehead atoms. The first-order valence-corrected chi connectivity index (χ1v) is 14.5. The SMILES string of the molecule is COC(=O)C(c1cc(N2CCC(OC3CC(Oc4cc(N5C6CCC5CNC6)ccn4)C3)CC2)no1)C(C)C. The Bertz CT molecular complexity index is 1110. The second-order valence-corrected chi connectivity index (χ2v) is 11.8. The van der Waals surface area contributed by atoms with Crippen LogP contribution in [0.3, 0.4) is 0 Å². The summed E-state index contributed by atoms with van der Waals surface area (Å²) in [6, 6.07) is 7.27. The number of anilines is 2. The van der Waals surface area contributed by atoms with E-state index in [9.17, 15) is 4.79 Å². The summed E-state index contributed by atoms with van der Waals surface area (Å²) in [5.41, 5.74) is 1.23. The molecule has 10 heteroatoms. The third-order valence-corrected chi connectivity index (χ3v) is 8.83. The Hall–Kier alpha value is -2.85. The standard InChI is InChI=1S/C29H41N5O5/c1-18(2)28(29(35)36-3)25-15-26(32-39-25)33-10-7-22(8-11-33)37-23-13-24(14-23)38-27-12-19(6-9-31-27)34-20-4-5-21(34)17-30-16-20/h6,9,12,15,18,20-24,28,30H,4-5,7-8,10-11,13-14,16-17H2,1-3H3. The number of fused-ring (bicyclic) bond motifs is 2. The van der Waals surface area contributed by atoms with Crippen LogP contribution in [0.5, 0.6) is 5.88 Å². The lowest BCUT2D eigenvalue weighted by Crippen LogP contribution is -2.52. The van der Waals surface area contributed by atoms with Gasteiger partial charge in [0.25, 0.3) is 0 Å². The van der Waals surface area contributed by atoms with Crippen LogP contribution in [0.25, 0.3) is 0 Å². The summed E-state index contributed by atoms with van der Waals surface area (Å²) in [6.07, 6.45) is 8.71. The van der Waals surface area contributed by atoms with Gasteiger partial charge >= 0.3 is 5.97 Å². The first-order valence-electron chi connectivity index (χ1n) is 14.5. The monoisotopic (exact) mass is 539 g/mol. The van der Waals surface area contributed by atoms with E-state index < -0.39 is 5.92 Å². The van der Waals surface area contributed by atoms with Crippen LogP contribution in [-0.2, 0) is 14.3 Å². The summed E-state index contributed by atoms with van der Waals surface area (Å²) in [5, 5.41) is 7.79. The fourth-order valence-corrected chi connectivity index (χ4v) is 6.63. The molecule has 0 radical (unpaired) electrons. The Kier molecular flexibility index (Phi) is 7.66. The minimum Gasteiger partial charge on any atom is -0.474 e. The van der Waals surface area contributed by atoms with Crippen LogP contribution in [0.15, 0.2) is 28.9 Å². The van der Waals surface area contributed by atoms with Crippen molar-refractivity contribution in [3.63, 3.8) is 0 Å². The zero-order valence-electron chi connectivity index (χ0n) is 23.3. The van der Waals surface area contributed by atoms with Crippen molar-refractivity contribution in [3.8, 4) is 5.88 Å². The molecule has 6 rings (SSSR count). The molecule has 0 amide bonds. The number of carbonyl (C=O) groups excluding carboxylic acids is 1. The van der Waals surface area contributed by atoms with Gasteiger partial charge in [0, 0.05) is 75.1 Å². The Morgan fingerprint density at radius 1 is 1.05 bits per heavy atom. The van der Waals surface area contributed by atoms with Crippen LogP contribution in [0.2, 0.25) is 0 Å². The van der Waals surface area contributed by atoms with Crippen molar-refractivity contribution in [1.29, 1.82) is 0 Å². The molecule has 1 saturated carbocycles. The predicted molar refractivity (Wildman–Crippen MR) is 146 cm³/mol. The summed E-state index contributed by atoms with van der Waals surface area (Å²) in [5.74, 6) is 1.39. The molecule has 5 heterocycles. The molecule has 0 spiro atoms. The van der Waals surface area contributed by atoms with Gasteiger partial charge in [-0.3, -0.25) is 4.79 Å². The molecule has 0 aromatic carbocycles. The molecule has 1 aliphatic carbocycles. The summed E-state index contributed by atoms with van der Waals surface area (Å²) < 4.78 is 23.2. The number of aromatic nitrogens is 2. The van der Waals surface area contributed by atoms with Gasteiger partial charge < -0.3 is 33.9 Å². The molecular formula is C29H41N5O5. The van der Waals surface area contributed by atoms with E-state index in [4.69, 9.17) is 18.7 Å². The van der Waals surface area contributed by atoms with E-state index in [1.54, 1.807) is 0 Å². The highest BCUT2D eigenvalue weighted by atomic mass is 16.5. The minimum absolute atomic E-state index is 0.0645. The number of nitrogens with zero attached hydrogens (tertiary/aromatic N) is 4. The Morgan fingerprint density at radius 3 is 2.49 bits per heavy atom. The second-order valence-electron chi connectivity index (χ2n) is 11.8. The third-order valence-electron chi connectivity index (χ3n) is 8.83. The zero-order valence-corrected chi connectivity index (χ0v) is 23.3. The number of carbonyl (C=O) groups is 1. The molecule has 1 N–H and O–H groups in total. The summed E-state index contributed by atoms with van der Waals surface area (Å²) in [4.78, 5) is 21.5. The van der Waals surface area contributed by atoms with Gasteiger partial charge in [-0.15, -0.1) is 0 Å². The van der Waals surface area contributed by atoms with Crippen molar-refractivity contribution in [2.75, 3.05) is 43.1 Å². The lowest BCUT2D eigenvalue weighted by atomic mass is 9.91. The van der Waals surface area contributed by atoms with Crippen LogP contribution < -0.4 is 19.9 Å². The molecule has 3 atom stereocenters. The average molecular weight is 540 g/mol. The van der Waals surface area contributed by atoms with Gasteiger partial charge in [0.05, 0.1) is 19.3 Å². The van der Waals surface area contributed by atoms with Gasteiger partial charge in [-0.25, -0.2) is 4.98 Å². The highest BCUT2D eigenvalue weighted by Crippen LogP contribution is 2.36. The zero-order chi connectivity index (χ0) is 26.9. The van der Waals surface area contributed by atoms with E-state index in [1.807, 2.05) is 26.1 Å². The quantitative estimate of drug-likeness (QED) is 0.476. The maximum absolute atomic E-state index is 12.2.